The van der Waals surface area contributed by atoms with Gasteiger partial charge in [-0.2, -0.15) is 0 Å². The molecule has 0 aromatic heterocycles. The van der Waals surface area contributed by atoms with Gasteiger partial charge in [0.2, 0.25) is 0 Å². The molecule has 0 amide bonds. The summed E-state index contributed by atoms with van der Waals surface area (Å²) < 4.78 is 5.39. The van der Waals surface area contributed by atoms with E-state index in [1.54, 1.807) is 0 Å². The lowest BCUT2D eigenvalue weighted by atomic mass is 10.0. The van der Waals surface area contributed by atoms with Crippen molar-refractivity contribution in [3.63, 3.8) is 0 Å². The highest BCUT2D eigenvalue weighted by atomic mass is 35.5. The second-order valence-electron chi connectivity index (χ2n) is 4.80. The summed E-state index contributed by atoms with van der Waals surface area (Å²) in [5.74, 6) is -0.793. The first-order valence-corrected chi connectivity index (χ1v) is 6.76. The minimum absolute atomic E-state index is 0.0831. The standard InChI is InChI=1S/C14H18ClNO3/c1-10(11-3-2-4-12(15)7-11)16-5-6-19-9-13(16)8-14(17)18/h2-4,7,10,13H,5-6,8-9H2,1H3,(H,17,18). The molecule has 2 rings (SSSR count). The van der Waals surface area contributed by atoms with Gasteiger partial charge < -0.3 is 9.84 Å². The van der Waals surface area contributed by atoms with Crippen LogP contribution in [-0.4, -0.2) is 41.8 Å². The van der Waals surface area contributed by atoms with E-state index in [2.05, 4.69) is 11.8 Å². The van der Waals surface area contributed by atoms with Crippen LogP contribution >= 0.6 is 11.6 Å². The number of nitrogens with zero attached hydrogens (tertiary/aromatic N) is 1. The summed E-state index contributed by atoms with van der Waals surface area (Å²) in [6.07, 6.45) is 0.102. The molecule has 104 valence electrons. The Morgan fingerprint density at radius 2 is 2.42 bits per heavy atom. The van der Waals surface area contributed by atoms with Gasteiger partial charge in [-0.05, 0) is 24.6 Å². The highest BCUT2D eigenvalue weighted by molar-refractivity contribution is 6.30. The fraction of sp³-hybridized carbons (Fsp3) is 0.500. The van der Waals surface area contributed by atoms with Gasteiger partial charge in [0.1, 0.15) is 0 Å². The molecule has 5 heteroatoms. The first kappa shape index (κ1) is 14.3. The third kappa shape index (κ3) is 3.69. The smallest absolute Gasteiger partial charge is 0.305 e. The Bertz CT molecular complexity index is 452. The molecule has 4 nitrogen and oxygen atoms in total. The first-order valence-electron chi connectivity index (χ1n) is 6.38. The number of rotatable bonds is 4. The lowest BCUT2D eigenvalue weighted by Crippen LogP contribution is -2.47. The van der Waals surface area contributed by atoms with Crippen LogP contribution in [0.5, 0.6) is 0 Å². The molecule has 1 aliphatic heterocycles. The lowest BCUT2D eigenvalue weighted by Gasteiger charge is -2.39. The van der Waals surface area contributed by atoms with Crippen molar-refractivity contribution in [1.29, 1.82) is 0 Å². The average Bonchev–Trinajstić information content (AvgIpc) is 2.38. The quantitative estimate of drug-likeness (QED) is 0.923. The zero-order valence-electron chi connectivity index (χ0n) is 10.9. The Kier molecular flexibility index (Phi) is 4.80. The number of halogens is 1. The van der Waals surface area contributed by atoms with Gasteiger partial charge in [-0.3, -0.25) is 9.69 Å². The topological polar surface area (TPSA) is 49.8 Å². The Morgan fingerprint density at radius 3 is 3.11 bits per heavy atom. The van der Waals surface area contributed by atoms with Gasteiger partial charge in [0.25, 0.3) is 0 Å². The van der Waals surface area contributed by atoms with Crippen molar-refractivity contribution in [3.8, 4) is 0 Å². The molecule has 19 heavy (non-hydrogen) atoms. The van der Waals surface area contributed by atoms with E-state index < -0.39 is 5.97 Å². The number of ether oxygens (including phenoxy) is 1. The van der Waals surface area contributed by atoms with Crippen molar-refractivity contribution in [2.45, 2.75) is 25.4 Å². The highest BCUT2D eigenvalue weighted by Crippen LogP contribution is 2.27. The molecule has 1 saturated heterocycles. The van der Waals surface area contributed by atoms with Crippen LogP contribution in [0.25, 0.3) is 0 Å². The molecule has 1 aromatic carbocycles. The molecule has 2 unspecified atom stereocenters. The van der Waals surface area contributed by atoms with Gasteiger partial charge in [-0.15, -0.1) is 0 Å². The predicted molar refractivity (Wildman–Crippen MR) is 73.4 cm³/mol. The Morgan fingerprint density at radius 1 is 1.63 bits per heavy atom. The van der Waals surface area contributed by atoms with Crippen LogP contribution in [-0.2, 0) is 9.53 Å². The normalized spacial score (nSPS) is 22.1. The predicted octanol–water partition coefficient (Wildman–Crippen LogP) is 2.58. The summed E-state index contributed by atoms with van der Waals surface area (Å²) >= 11 is 6.01. The van der Waals surface area contributed by atoms with E-state index in [1.165, 1.54) is 0 Å². The van der Waals surface area contributed by atoms with E-state index >= 15 is 0 Å². The summed E-state index contributed by atoms with van der Waals surface area (Å²) in [5, 5.41) is 9.68. The summed E-state index contributed by atoms with van der Waals surface area (Å²) in [6, 6.07) is 7.75. The van der Waals surface area contributed by atoms with Crippen LogP contribution in [0.4, 0.5) is 0 Å². The molecular weight excluding hydrogens is 266 g/mol. The molecule has 1 aliphatic rings. The SMILES string of the molecule is CC(c1cccc(Cl)c1)N1CCOCC1CC(=O)O. The molecule has 0 bridgehead atoms. The molecule has 0 spiro atoms. The minimum Gasteiger partial charge on any atom is -0.481 e. The maximum Gasteiger partial charge on any atom is 0.305 e. The van der Waals surface area contributed by atoms with Crippen molar-refractivity contribution >= 4 is 17.6 Å². The molecule has 0 saturated carbocycles. The summed E-state index contributed by atoms with van der Waals surface area (Å²) in [5.41, 5.74) is 1.10. The Balaban J connectivity index is 2.14. The molecule has 0 aliphatic carbocycles. The zero-order chi connectivity index (χ0) is 13.8. The van der Waals surface area contributed by atoms with Gasteiger partial charge >= 0.3 is 5.97 Å². The molecule has 1 N–H and O–H groups in total. The van der Waals surface area contributed by atoms with Crippen molar-refractivity contribution < 1.29 is 14.6 Å². The van der Waals surface area contributed by atoms with E-state index in [1.807, 2.05) is 24.3 Å². The molecule has 1 heterocycles. The number of carbonyl (C=O) groups is 1. The molecule has 1 fully saturated rings. The van der Waals surface area contributed by atoms with Gasteiger partial charge in [0.05, 0.1) is 19.6 Å². The summed E-state index contributed by atoms with van der Waals surface area (Å²) in [4.78, 5) is 13.1. The number of benzene rings is 1. The Hall–Kier alpha value is -1.10. The third-order valence-electron chi connectivity index (χ3n) is 3.51. The van der Waals surface area contributed by atoms with Crippen LogP contribution in [0.2, 0.25) is 5.02 Å². The van der Waals surface area contributed by atoms with Gasteiger partial charge in [-0.1, -0.05) is 23.7 Å². The fourth-order valence-electron chi connectivity index (χ4n) is 2.51. The summed E-state index contributed by atoms with van der Waals surface area (Å²) in [7, 11) is 0. The molecule has 1 aromatic rings. The zero-order valence-corrected chi connectivity index (χ0v) is 11.6. The van der Waals surface area contributed by atoms with Gasteiger partial charge in [0, 0.05) is 23.7 Å². The number of hydrogen-bond donors (Lipinski definition) is 1. The largest absolute Gasteiger partial charge is 0.481 e. The van der Waals surface area contributed by atoms with Crippen LogP contribution in [0.1, 0.15) is 24.9 Å². The van der Waals surface area contributed by atoms with Crippen LogP contribution < -0.4 is 0 Å². The molecule has 2 atom stereocenters. The molecule has 0 radical (unpaired) electrons. The number of aliphatic carboxylic acids is 1. The van der Waals surface area contributed by atoms with E-state index in [-0.39, 0.29) is 18.5 Å². The maximum atomic E-state index is 10.9. The van der Waals surface area contributed by atoms with E-state index in [4.69, 9.17) is 21.4 Å². The van der Waals surface area contributed by atoms with Crippen LogP contribution in [0, 0.1) is 0 Å². The monoisotopic (exact) mass is 283 g/mol. The van der Waals surface area contributed by atoms with E-state index in [0.717, 1.165) is 12.1 Å². The Labute approximate surface area is 117 Å². The van der Waals surface area contributed by atoms with Crippen molar-refractivity contribution in [3.05, 3.63) is 34.9 Å². The lowest BCUT2D eigenvalue weighted by molar-refractivity contribution is -0.140. The second kappa shape index (κ2) is 6.37. The maximum absolute atomic E-state index is 10.9. The van der Waals surface area contributed by atoms with Gasteiger partial charge in [0.15, 0.2) is 0 Å². The number of hydrogen-bond acceptors (Lipinski definition) is 3. The van der Waals surface area contributed by atoms with E-state index in [9.17, 15) is 4.79 Å². The number of carboxylic acid groups (broad SMARTS) is 1. The third-order valence-corrected chi connectivity index (χ3v) is 3.75. The average molecular weight is 284 g/mol. The van der Waals surface area contributed by atoms with Crippen molar-refractivity contribution in [2.24, 2.45) is 0 Å². The van der Waals surface area contributed by atoms with Crippen LogP contribution in [0.3, 0.4) is 0 Å². The highest BCUT2D eigenvalue weighted by Gasteiger charge is 2.29. The number of morpholine rings is 1. The van der Waals surface area contributed by atoms with Gasteiger partial charge in [-0.25, -0.2) is 0 Å². The fourth-order valence-corrected chi connectivity index (χ4v) is 2.71. The van der Waals surface area contributed by atoms with Crippen molar-refractivity contribution in [1.82, 2.24) is 4.90 Å². The van der Waals surface area contributed by atoms with Crippen LogP contribution in [0.15, 0.2) is 24.3 Å². The second-order valence-corrected chi connectivity index (χ2v) is 5.23. The first-order chi connectivity index (χ1) is 9.08. The minimum atomic E-state index is -0.793. The van der Waals surface area contributed by atoms with Crippen molar-refractivity contribution in [2.75, 3.05) is 19.8 Å². The van der Waals surface area contributed by atoms with E-state index in [0.29, 0.717) is 18.2 Å². The molecular formula is C14H18ClNO3. The number of carboxylic acids is 1. The summed E-state index contributed by atoms with van der Waals surface area (Å²) in [6.45, 7) is 3.93.